The van der Waals surface area contributed by atoms with Gasteiger partial charge >= 0.3 is 0 Å². The number of thiophene rings is 1. The minimum atomic E-state index is -0.727. The summed E-state index contributed by atoms with van der Waals surface area (Å²) in [5, 5.41) is 21.1. The van der Waals surface area contributed by atoms with Crippen LogP contribution in [0.5, 0.6) is 0 Å². The third-order valence-corrected chi connectivity index (χ3v) is 5.11. The lowest BCUT2D eigenvalue weighted by Crippen LogP contribution is -2.39. The molecular weight excluding hydrogens is 276 g/mol. The van der Waals surface area contributed by atoms with Gasteiger partial charge in [0, 0.05) is 24.5 Å². The van der Waals surface area contributed by atoms with Crippen molar-refractivity contribution in [3.8, 4) is 0 Å². The predicted molar refractivity (Wildman–Crippen MR) is 76.5 cm³/mol. The lowest BCUT2D eigenvalue weighted by Gasteiger charge is -2.26. The maximum atomic E-state index is 12.4. The number of carbonyl (C=O) groups excluding carboxylic acids is 1. The third kappa shape index (κ3) is 2.74. The van der Waals surface area contributed by atoms with E-state index in [9.17, 15) is 15.0 Å². The van der Waals surface area contributed by atoms with E-state index in [0.29, 0.717) is 13.1 Å². The predicted octanol–water partition coefficient (Wildman–Crippen LogP) is 0.449. The summed E-state index contributed by atoms with van der Waals surface area (Å²) in [4.78, 5) is 17.5. The molecule has 3 rings (SSSR count). The SMILES string of the molecule is O=C(CN1CC(O)C(O)C1)N1CCCC1c1cccs1. The van der Waals surface area contributed by atoms with Gasteiger partial charge in [-0.15, -0.1) is 11.3 Å². The van der Waals surface area contributed by atoms with E-state index >= 15 is 0 Å². The molecule has 1 aromatic heterocycles. The minimum Gasteiger partial charge on any atom is -0.389 e. The summed E-state index contributed by atoms with van der Waals surface area (Å²) < 4.78 is 0. The first-order chi connectivity index (χ1) is 9.65. The molecule has 5 nitrogen and oxygen atoms in total. The maximum Gasteiger partial charge on any atom is 0.237 e. The van der Waals surface area contributed by atoms with Gasteiger partial charge in [0.25, 0.3) is 0 Å². The van der Waals surface area contributed by atoms with Crippen molar-refractivity contribution in [2.75, 3.05) is 26.2 Å². The topological polar surface area (TPSA) is 64.0 Å². The normalized spacial score (nSPS) is 31.1. The first-order valence-corrected chi connectivity index (χ1v) is 7.94. The van der Waals surface area contributed by atoms with Crippen molar-refractivity contribution >= 4 is 17.2 Å². The van der Waals surface area contributed by atoms with Crippen LogP contribution in [0.25, 0.3) is 0 Å². The molecule has 2 aliphatic rings. The van der Waals surface area contributed by atoms with Crippen LogP contribution in [0.1, 0.15) is 23.8 Å². The molecule has 0 radical (unpaired) electrons. The van der Waals surface area contributed by atoms with E-state index in [-0.39, 0.29) is 18.5 Å². The fraction of sp³-hybridized carbons (Fsp3) is 0.643. The standard InChI is InChI=1S/C14H20N2O3S/c17-11-7-15(8-12(11)18)9-14(19)16-5-1-3-10(16)13-4-2-6-20-13/h2,4,6,10-12,17-18H,1,3,5,7-9H2. The van der Waals surface area contributed by atoms with Gasteiger partial charge in [0.2, 0.25) is 5.91 Å². The van der Waals surface area contributed by atoms with Crippen LogP contribution in [0.4, 0.5) is 0 Å². The number of aliphatic hydroxyl groups is 2. The zero-order valence-electron chi connectivity index (χ0n) is 11.3. The molecule has 3 heterocycles. The van der Waals surface area contributed by atoms with Gasteiger partial charge in [-0.25, -0.2) is 0 Å². The lowest BCUT2D eigenvalue weighted by atomic mass is 10.2. The fourth-order valence-electron chi connectivity index (χ4n) is 3.10. The van der Waals surface area contributed by atoms with Crippen molar-refractivity contribution in [1.29, 1.82) is 0 Å². The van der Waals surface area contributed by atoms with Gasteiger partial charge < -0.3 is 15.1 Å². The number of β-amino-alcohol motifs (C(OH)–C–C–N with tert-alkyl or cyclic N) is 2. The quantitative estimate of drug-likeness (QED) is 0.850. The highest BCUT2D eigenvalue weighted by atomic mass is 32.1. The second-order valence-electron chi connectivity index (χ2n) is 5.59. The molecular formula is C14H20N2O3S. The summed E-state index contributed by atoms with van der Waals surface area (Å²) in [5.41, 5.74) is 0. The second-order valence-corrected chi connectivity index (χ2v) is 6.57. The van der Waals surface area contributed by atoms with E-state index in [1.807, 2.05) is 21.2 Å². The molecule has 110 valence electrons. The molecule has 2 saturated heterocycles. The van der Waals surface area contributed by atoms with Crippen LogP contribution in [0, 0.1) is 0 Å². The highest BCUT2D eigenvalue weighted by Gasteiger charge is 2.35. The van der Waals surface area contributed by atoms with Gasteiger partial charge in [-0.2, -0.15) is 0 Å². The Labute approximate surface area is 122 Å². The molecule has 2 aliphatic heterocycles. The summed E-state index contributed by atoms with van der Waals surface area (Å²) in [6, 6.07) is 4.32. The Morgan fingerprint density at radius 3 is 2.75 bits per heavy atom. The Morgan fingerprint density at radius 2 is 2.10 bits per heavy atom. The molecule has 0 saturated carbocycles. The number of carbonyl (C=O) groups is 1. The smallest absolute Gasteiger partial charge is 0.237 e. The van der Waals surface area contributed by atoms with E-state index < -0.39 is 12.2 Å². The molecule has 1 amide bonds. The molecule has 3 unspecified atom stereocenters. The molecule has 2 fully saturated rings. The molecule has 2 N–H and O–H groups in total. The van der Waals surface area contributed by atoms with E-state index in [1.165, 1.54) is 4.88 Å². The van der Waals surface area contributed by atoms with Gasteiger partial charge in [-0.3, -0.25) is 9.69 Å². The van der Waals surface area contributed by atoms with Crippen LogP contribution in [-0.2, 0) is 4.79 Å². The van der Waals surface area contributed by atoms with Crippen LogP contribution < -0.4 is 0 Å². The Kier molecular flexibility index (Phi) is 4.07. The van der Waals surface area contributed by atoms with Crippen molar-refractivity contribution in [3.63, 3.8) is 0 Å². The van der Waals surface area contributed by atoms with E-state index in [0.717, 1.165) is 19.4 Å². The number of amides is 1. The first-order valence-electron chi connectivity index (χ1n) is 7.06. The van der Waals surface area contributed by atoms with Gasteiger partial charge in [0.05, 0.1) is 24.8 Å². The molecule has 0 aromatic carbocycles. The van der Waals surface area contributed by atoms with Crippen molar-refractivity contribution in [2.24, 2.45) is 0 Å². The van der Waals surface area contributed by atoms with Crippen LogP contribution in [0.3, 0.4) is 0 Å². The zero-order chi connectivity index (χ0) is 14.1. The van der Waals surface area contributed by atoms with E-state index in [2.05, 4.69) is 6.07 Å². The lowest BCUT2D eigenvalue weighted by molar-refractivity contribution is -0.133. The first kappa shape index (κ1) is 14.0. The van der Waals surface area contributed by atoms with Crippen molar-refractivity contribution in [2.45, 2.75) is 31.1 Å². The van der Waals surface area contributed by atoms with Gasteiger partial charge in [-0.1, -0.05) is 6.07 Å². The van der Waals surface area contributed by atoms with Gasteiger partial charge in [0.15, 0.2) is 0 Å². The summed E-state index contributed by atoms with van der Waals surface area (Å²) in [6.45, 7) is 1.85. The van der Waals surface area contributed by atoms with Crippen LogP contribution in [-0.4, -0.2) is 64.3 Å². The third-order valence-electron chi connectivity index (χ3n) is 4.14. The van der Waals surface area contributed by atoms with Crippen molar-refractivity contribution < 1.29 is 15.0 Å². The van der Waals surface area contributed by atoms with Crippen LogP contribution in [0.15, 0.2) is 17.5 Å². The monoisotopic (exact) mass is 296 g/mol. The second kappa shape index (κ2) is 5.81. The molecule has 6 heteroatoms. The number of rotatable bonds is 3. The summed E-state index contributed by atoms with van der Waals surface area (Å²) >= 11 is 1.70. The summed E-state index contributed by atoms with van der Waals surface area (Å²) in [7, 11) is 0. The number of hydrogen-bond donors (Lipinski definition) is 2. The molecule has 0 spiro atoms. The molecule has 0 aliphatic carbocycles. The van der Waals surface area contributed by atoms with E-state index in [4.69, 9.17) is 0 Å². The Balaban J connectivity index is 1.62. The Bertz CT molecular complexity index is 455. The minimum absolute atomic E-state index is 0.0993. The highest BCUT2D eigenvalue weighted by molar-refractivity contribution is 7.10. The van der Waals surface area contributed by atoms with Crippen LogP contribution in [0.2, 0.25) is 0 Å². The molecule has 1 aromatic rings. The maximum absolute atomic E-state index is 12.4. The zero-order valence-corrected chi connectivity index (χ0v) is 12.1. The molecule has 20 heavy (non-hydrogen) atoms. The van der Waals surface area contributed by atoms with Crippen molar-refractivity contribution in [3.05, 3.63) is 22.4 Å². The number of aliphatic hydroxyl groups excluding tert-OH is 2. The highest BCUT2D eigenvalue weighted by Crippen LogP contribution is 2.34. The summed E-state index contributed by atoms with van der Waals surface area (Å²) in [6.07, 6.45) is 0.612. The van der Waals surface area contributed by atoms with Crippen molar-refractivity contribution in [1.82, 2.24) is 9.80 Å². The number of hydrogen-bond acceptors (Lipinski definition) is 5. The Morgan fingerprint density at radius 1 is 1.35 bits per heavy atom. The average molecular weight is 296 g/mol. The molecule has 3 atom stereocenters. The van der Waals surface area contributed by atoms with Gasteiger partial charge in [-0.05, 0) is 24.3 Å². The summed E-state index contributed by atoms with van der Waals surface area (Å²) in [5.74, 6) is 0.0993. The van der Waals surface area contributed by atoms with Crippen LogP contribution >= 0.6 is 11.3 Å². The average Bonchev–Trinajstić information content (AvgIpc) is 3.11. The number of likely N-dealkylation sites (tertiary alicyclic amines) is 2. The molecule has 0 bridgehead atoms. The van der Waals surface area contributed by atoms with E-state index in [1.54, 1.807) is 11.3 Å². The fourth-order valence-corrected chi connectivity index (χ4v) is 3.97. The van der Waals surface area contributed by atoms with Gasteiger partial charge in [0.1, 0.15) is 0 Å². The largest absolute Gasteiger partial charge is 0.389 e. The number of nitrogens with zero attached hydrogens (tertiary/aromatic N) is 2. The Hall–Kier alpha value is -0.950.